The van der Waals surface area contributed by atoms with Gasteiger partial charge in [0.2, 0.25) is 5.91 Å². The molecule has 0 aliphatic carbocycles. The van der Waals surface area contributed by atoms with E-state index in [0.29, 0.717) is 26.2 Å². The molecule has 2 N–H and O–H groups in total. The Hall–Kier alpha value is -1.43. The maximum Gasteiger partial charge on any atom is 0.234 e. The first-order chi connectivity index (χ1) is 11.8. The van der Waals surface area contributed by atoms with Gasteiger partial charge in [-0.3, -0.25) is 9.69 Å². The molecule has 1 saturated heterocycles. The second-order valence-corrected chi connectivity index (χ2v) is 6.46. The molecule has 0 unspecified atom stereocenters. The van der Waals surface area contributed by atoms with Gasteiger partial charge in [0, 0.05) is 26.7 Å². The first kappa shape index (κ1) is 18.9. The number of methoxy groups -OCH3 is 1. The summed E-state index contributed by atoms with van der Waals surface area (Å²) in [5.41, 5.74) is 2.49. The van der Waals surface area contributed by atoms with E-state index in [4.69, 9.17) is 4.74 Å². The fourth-order valence-corrected chi connectivity index (χ4v) is 3.03. The maximum atomic E-state index is 11.8. The van der Waals surface area contributed by atoms with E-state index >= 15 is 0 Å². The SMILES string of the molecule is COCCNCC(=O)NCc1cccc(CN2CCCCCC2)c1. The second-order valence-electron chi connectivity index (χ2n) is 6.46. The molecule has 5 heteroatoms. The van der Waals surface area contributed by atoms with Crippen molar-refractivity contribution in [2.45, 2.75) is 38.8 Å². The van der Waals surface area contributed by atoms with Gasteiger partial charge in [-0.1, -0.05) is 37.1 Å². The number of likely N-dealkylation sites (tertiary alicyclic amines) is 1. The Morgan fingerprint density at radius 1 is 1.17 bits per heavy atom. The molecule has 1 aromatic rings. The average molecular weight is 333 g/mol. The van der Waals surface area contributed by atoms with Gasteiger partial charge in [-0.25, -0.2) is 0 Å². The minimum Gasteiger partial charge on any atom is -0.383 e. The van der Waals surface area contributed by atoms with Gasteiger partial charge in [-0.15, -0.1) is 0 Å². The van der Waals surface area contributed by atoms with E-state index in [1.807, 2.05) is 0 Å². The number of amides is 1. The highest BCUT2D eigenvalue weighted by atomic mass is 16.5. The van der Waals surface area contributed by atoms with Gasteiger partial charge in [-0.2, -0.15) is 0 Å². The number of hydrogen-bond donors (Lipinski definition) is 2. The first-order valence-corrected chi connectivity index (χ1v) is 9.04. The van der Waals surface area contributed by atoms with Crippen LogP contribution in [0, 0.1) is 0 Å². The Bertz CT molecular complexity index is 485. The zero-order valence-electron chi connectivity index (χ0n) is 14.9. The molecule has 1 heterocycles. The molecular formula is C19H31N3O2. The van der Waals surface area contributed by atoms with Gasteiger partial charge in [0.25, 0.3) is 0 Å². The molecule has 1 aromatic carbocycles. The van der Waals surface area contributed by atoms with Gasteiger partial charge in [0.1, 0.15) is 0 Å². The lowest BCUT2D eigenvalue weighted by atomic mass is 10.1. The van der Waals surface area contributed by atoms with Crippen LogP contribution in [-0.4, -0.2) is 50.7 Å². The van der Waals surface area contributed by atoms with Crippen molar-refractivity contribution in [1.82, 2.24) is 15.5 Å². The molecule has 2 rings (SSSR count). The van der Waals surface area contributed by atoms with Crippen molar-refractivity contribution in [2.24, 2.45) is 0 Å². The molecule has 0 radical (unpaired) electrons. The summed E-state index contributed by atoms with van der Waals surface area (Å²) in [5, 5.41) is 6.01. The number of carbonyl (C=O) groups excluding carboxylic acids is 1. The lowest BCUT2D eigenvalue weighted by Gasteiger charge is -2.20. The fraction of sp³-hybridized carbons (Fsp3) is 0.632. The topological polar surface area (TPSA) is 53.6 Å². The third-order valence-corrected chi connectivity index (χ3v) is 4.35. The molecule has 1 aliphatic heterocycles. The maximum absolute atomic E-state index is 11.8. The van der Waals surface area contributed by atoms with Gasteiger partial charge in [0.15, 0.2) is 0 Å². The average Bonchev–Trinajstić information content (AvgIpc) is 2.86. The molecule has 0 spiro atoms. The van der Waals surface area contributed by atoms with Crippen molar-refractivity contribution in [3.8, 4) is 0 Å². The van der Waals surface area contributed by atoms with Crippen molar-refractivity contribution in [3.63, 3.8) is 0 Å². The van der Waals surface area contributed by atoms with Crippen LogP contribution in [0.3, 0.4) is 0 Å². The van der Waals surface area contributed by atoms with Crippen LogP contribution in [0.5, 0.6) is 0 Å². The zero-order chi connectivity index (χ0) is 17.0. The normalized spacial score (nSPS) is 15.9. The summed E-state index contributed by atoms with van der Waals surface area (Å²) in [6.07, 6.45) is 5.35. The van der Waals surface area contributed by atoms with Gasteiger partial charge in [0.05, 0.1) is 13.2 Å². The fourth-order valence-electron chi connectivity index (χ4n) is 3.03. The van der Waals surface area contributed by atoms with Gasteiger partial charge >= 0.3 is 0 Å². The van der Waals surface area contributed by atoms with Gasteiger partial charge in [-0.05, 0) is 37.1 Å². The predicted molar refractivity (Wildman–Crippen MR) is 96.8 cm³/mol. The van der Waals surface area contributed by atoms with E-state index in [1.165, 1.54) is 44.3 Å². The van der Waals surface area contributed by atoms with Crippen molar-refractivity contribution < 1.29 is 9.53 Å². The van der Waals surface area contributed by atoms with Gasteiger partial charge < -0.3 is 15.4 Å². The van der Waals surface area contributed by atoms with Crippen LogP contribution in [0.2, 0.25) is 0 Å². The summed E-state index contributed by atoms with van der Waals surface area (Å²) in [4.78, 5) is 14.3. The summed E-state index contributed by atoms with van der Waals surface area (Å²) in [6.45, 7) is 5.64. The zero-order valence-corrected chi connectivity index (χ0v) is 14.9. The van der Waals surface area contributed by atoms with E-state index in [9.17, 15) is 4.79 Å². The van der Waals surface area contributed by atoms with E-state index in [-0.39, 0.29) is 5.91 Å². The number of rotatable bonds is 9. The Kier molecular flexibility index (Phi) is 8.81. The Morgan fingerprint density at radius 3 is 2.67 bits per heavy atom. The number of carbonyl (C=O) groups is 1. The molecule has 24 heavy (non-hydrogen) atoms. The standard InChI is InChI=1S/C19H31N3O2/c1-24-12-9-20-15-19(23)21-14-17-7-6-8-18(13-17)16-22-10-4-2-3-5-11-22/h6-8,13,20H,2-5,9-12,14-16H2,1H3,(H,21,23). The number of hydrogen-bond acceptors (Lipinski definition) is 4. The number of nitrogens with zero attached hydrogens (tertiary/aromatic N) is 1. The van der Waals surface area contributed by atoms with Crippen molar-refractivity contribution in [1.29, 1.82) is 0 Å². The van der Waals surface area contributed by atoms with Crippen molar-refractivity contribution in [2.75, 3.05) is 39.9 Å². The highest BCUT2D eigenvalue weighted by molar-refractivity contribution is 5.77. The lowest BCUT2D eigenvalue weighted by molar-refractivity contribution is -0.120. The summed E-state index contributed by atoms with van der Waals surface area (Å²) in [6, 6.07) is 8.56. The van der Waals surface area contributed by atoms with Crippen molar-refractivity contribution >= 4 is 5.91 Å². The number of nitrogens with one attached hydrogen (secondary N) is 2. The van der Waals surface area contributed by atoms with E-state index in [2.05, 4.69) is 39.8 Å². The number of benzene rings is 1. The molecule has 0 atom stereocenters. The van der Waals surface area contributed by atoms with Crippen LogP contribution in [-0.2, 0) is 22.6 Å². The molecular weight excluding hydrogens is 302 g/mol. The van der Waals surface area contributed by atoms with E-state index < -0.39 is 0 Å². The minimum absolute atomic E-state index is 0.0176. The highest BCUT2D eigenvalue weighted by Gasteiger charge is 2.09. The Morgan fingerprint density at radius 2 is 1.92 bits per heavy atom. The lowest BCUT2D eigenvalue weighted by Crippen LogP contribution is -2.34. The largest absolute Gasteiger partial charge is 0.383 e. The minimum atomic E-state index is 0.0176. The summed E-state index contributed by atoms with van der Waals surface area (Å²) >= 11 is 0. The van der Waals surface area contributed by atoms with Crippen LogP contribution in [0.1, 0.15) is 36.8 Å². The van der Waals surface area contributed by atoms with Crippen molar-refractivity contribution in [3.05, 3.63) is 35.4 Å². The van der Waals surface area contributed by atoms with Crippen LogP contribution >= 0.6 is 0 Å². The molecule has 0 aromatic heterocycles. The summed E-state index contributed by atoms with van der Waals surface area (Å²) in [7, 11) is 1.65. The van der Waals surface area contributed by atoms with Crippen LogP contribution in [0.25, 0.3) is 0 Å². The monoisotopic (exact) mass is 333 g/mol. The molecule has 0 bridgehead atoms. The molecule has 1 aliphatic rings. The van der Waals surface area contributed by atoms with E-state index in [0.717, 1.165) is 12.1 Å². The Balaban J connectivity index is 1.74. The molecule has 1 amide bonds. The smallest absolute Gasteiger partial charge is 0.234 e. The molecule has 1 fully saturated rings. The third-order valence-electron chi connectivity index (χ3n) is 4.35. The quantitative estimate of drug-likeness (QED) is 0.678. The van der Waals surface area contributed by atoms with Crippen LogP contribution in [0.15, 0.2) is 24.3 Å². The molecule has 5 nitrogen and oxygen atoms in total. The van der Waals surface area contributed by atoms with Crippen LogP contribution < -0.4 is 10.6 Å². The van der Waals surface area contributed by atoms with E-state index in [1.54, 1.807) is 7.11 Å². The number of ether oxygens (including phenoxy) is 1. The second kappa shape index (κ2) is 11.2. The molecule has 134 valence electrons. The summed E-state index contributed by atoms with van der Waals surface area (Å²) in [5.74, 6) is 0.0176. The predicted octanol–water partition coefficient (Wildman–Crippen LogP) is 1.91. The first-order valence-electron chi connectivity index (χ1n) is 9.04. The Labute approximate surface area is 145 Å². The molecule has 0 saturated carbocycles. The third kappa shape index (κ3) is 7.43. The summed E-state index contributed by atoms with van der Waals surface area (Å²) < 4.78 is 4.94. The highest BCUT2D eigenvalue weighted by Crippen LogP contribution is 2.14. The van der Waals surface area contributed by atoms with Crippen LogP contribution in [0.4, 0.5) is 0 Å².